The maximum absolute atomic E-state index is 9.00. The third-order valence-corrected chi connectivity index (χ3v) is 2.90. The first-order valence-electron chi connectivity index (χ1n) is 5.29. The van der Waals surface area contributed by atoms with Crippen molar-refractivity contribution in [2.45, 2.75) is 13.5 Å². The lowest BCUT2D eigenvalue weighted by Gasteiger charge is -2.09. The van der Waals surface area contributed by atoms with Gasteiger partial charge in [-0.3, -0.25) is 0 Å². The number of aromatic nitrogens is 1. The largest absolute Gasteiger partial charge is 0.437 e. The number of pyridine rings is 1. The molecular weight excluding hydrogens is 273 g/mol. The normalized spacial score (nSPS) is 10.4. The molecule has 3 nitrogen and oxygen atoms in total. The minimum absolute atomic E-state index is 0.0458. The molecule has 2 aromatic rings. The van der Waals surface area contributed by atoms with Crippen molar-refractivity contribution in [3.8, 4) is 11.6 Å². The van der Waals surface area contributed by atoms with Crippen molar-refractivity contribution in [1.82, 2.24) is 4.98 Å². The van der Waals surface area contributed by atoms with Crippen molar-refractivity contribution in [3.63, 3.8) is 0 Å². The molecule has 0 radical (unpaired) electrons. The van der Waals surface area contributed by atoms with Crippen LogP contribution in [0.1, 0.15) is 11.1 Å². The van der Waals surface area contributed by atoms with Gasteiger partial charge in [0, 0.05) is 16.8 Å². The topological polar surface area (TPSA) is 42.4 Å². The molecule has 5 heteroatoms. The molecule has 0 spiro atoms. The molecule has 2 rings (SSSR count). The summed E-state index contributed by atoms with van der Waals surface area (Å²) in [6, 6.07) is 6.80. The highest BCUT2D eigenvalue weighted by Crippen LogP contribution is 2.31. The lowest BCUT2D eigenvalue weighted by molar-refractivity contribution is 0.281. The summed E-state index contributed by atoms with van der Waals surface area (Å²) < 4.78 is 5.61. The Kier molecular flexibility index (Phi) is 4.07. The number of benzene rings is 1. The van der Waals surface area contributed by atoms with Gasteiger partial charge in [0.25, 0.3) is 0 Å². The molecule has 1 aromatic carbocycles. The predicted octanol–water partition coefficient (Wildman–Crippen LogP) is 3.98. The molecule has 0 saturated heterocycles. The molecule has 0 unspecified atom stereocenters. The zero-order valence-electron chi connectivity index (χ0n) is 9.65. The van der Waals surface area contributed by atoms with Crippen LogP contribution in [-0.2, 0) is 6.61 Å². The molecule has 0 saturated carbocycles. The van der Waals surface area contributed by atoms with Crippen LogP contribution in [0.3, 0.4) is 0 Å². The van der Waals surface area contributed by atoms with Crippen LogP contribution in [0.25, 0.3) is 0 Å². The van der Waals surface area contributed by atoms with Gasteiger partial charge in [0.15, 0.2) is 0 Å². The van der Waals surface area contributed by atoms with Gasteiger partial charge >= 0.3 is 0 Å². The van der Waals surface area contributed by atoms with Gasteiger partial charge in [-0.05, 0) is 36.8 Å². The smallest absolute Gasteiger partial charge is 0.222 e. The van der Waals surface area contributed by atoms with Gasteiger partial charge in [-0.15, -0.1) is 0 Å². The van der Waals surface area contributed by atoms with E-state index in [4.69, 9.17) is 33.0 Å². The minimum Gasteiger partial charge on any atom is -0.437 e. The molecule has 0 atom stereocenters. The van der Waals surface area contributed by atoms with E-state index in [1.165, 1.54) is 0 Å². The first-order chi connectivity index (χ1) is 8.60. The molecular formula is C13H11Cl2NO2. The first-order valence-corrected chi connectivity index (χ1v) is 6.05. The van der Waals surface area contributed by atoms with Gasteiger partial charge in [-0.2, -0.15) is 0 Å². The molecule has 0 fully saturated rings. The fraction of sp³-hybridized carbons (Fsp3) is 0.154. The standard InChI is InChI=1S/C13H11Cl2NO2/c1-8-4-9(7-17)6-16-13(8)18-12-3-2-10(14)5-11(12)15/h2-6,17H,7H2,1H3. The summed E-state index contributed by atoms with van der Waals surface area (Å²) in [6.07, 6.45) is 1.56. The SMILES string of the molecule is Cc1cc(CO)cnc1Oc1ccc(Cl)cc1Cl. The maximum Gasteiger partial charge on any atom is 0.222 e. The average molecular weight is 284 g/mol. The Labute approximate surface area is 115 Å². The van der Waals surface area contributed by atoms with Gasteiger partial charge in [-0.25, -0.2) is 4.98 Å². The summed E-state index contributed by atoms with van der Waals surface area (Å²) in [4.78, 5) is 4.13. The molecule has 94 valence electrons. The molecule has 0 aliphatic rings. The van der Waals surface area contributed by atoms with E-state index in [0.717, 1.165) is 11.1 Å². The summed E-state index contributed by atoms with van der Waals surface area (Å²) in [6.45, 7) is 1.81. The molecule has 1 aromatic heterocycles. The van der Waals surface area contributed by atoms with E-state index >= 15 is 0 Å². The first kappa shape index (κ1) is 13.1. The Morgan fingerprint density at radius 2 is 2.06 bits per heavy atom. The monoisotopic (exact) mass is 283 g/mol. The van der Waals surface area contributed by atoms with Crippen LogP contribution in [0.5, 0.6) is 11.6 Å². The fourth-order valence-corrected chi connectivity index (χ4v) is 1.92. The van der Waals surface area contributed by atoms with Crippen molar-refractivity contribution < 1.29 is 9.84 Å². The van der Waals surface area contributed by atoms with Crippen LogP contribution >= 0.6 is 23.2 Å². The van der Waals surface area contributed by atoms with Crippen molar-refractivity contribution in [3.05, 3.63) is 51.6 Å². The number of aryl methyl sites for hydroxylation is 1. The summed E-state index contributed by atoms with van der Waals surface area (Å²) in [5, 5.41) is 9.98. The van der Waals surface area contributed by atoms with Gasteiger partial charge < -0.3 is 9.84 Å². The van der Waals surface area contributed by atoms with E-state index in [2.05, 4.69) is 4.98 Å². The lowest BCUT2D eigenvalue weighted by Crippen LogP contribution is -1.94. The van der Waals surface area contributed by atoms with E-state index in [-0.39, 0.29) is 6.61 Å². The van der Waals surface area contributed by atoms with Crippen LogP contribution < -0.4 is 4.74 Å². The van der Waals surface area contributed by atoms with Crippen molar-refractivity contribution in [1.29, 1.82) is 0 Å². The van der Waals surface area contributed by atoms with Gasteiger partial charge in [0.2, 0.25) is 5.88 Å². The Morgan fingerprint density at radius 3 is 2.67 bits per heavy atom. The van der Waals surface area contributed by atoms with Gasteiger partial charge in [-0.1, -0.05) is 23.2 Å². The predicted molar refractivity (Wildman–Crippen MR) is 71.4 cm³/mol. The number of aliphatic hydroxyl groups excluding tert-OH is 1. The molecule has 1 heterocycles. The quantitative estimate of drug-likeness (QED) is 0.926. The Hall–Kier alpha value is -1.29. The number of hydrogen-bond acceptors (Lipinski definition) is 3. The molecule has 0 aliphatic carbocycles. The number of halogens is 2. The van der Waals surface area contributed by atoms with Gasteiger partial charge in [0.1, 0.15) is 5.75 Å². The van der Waals surface area contributed by atoms with Gasteiger partial charge in [0.05, 0.1) is 11.6 Å². The number of aliphatic hydroxyl groups is 1. The second-order valence-electron chi connectivity index (χ2n) is 3.80. The highest BCUT2D eigenvalue weighted by atomic mass is 35.5. The molecule has 0 bridgehead atoms. The van der Waals surface area contributed by atoms with Crippen LogP contribution in [0.15, 0.2) is 30.5 Å². The Balaban J connectivity index is 2.28. The molecule has 0 amide bonds. The number of ether oxygens (including phenoxy) is 1. The Bertz CT molecular complexity index is 573. The second kappa shape index (κ2) is 5.57. The lowest BCUT2D eigenvalue weighted by atomic mass is 10.2. The molecule has 18 heavy (non-hydrogen) atoms. The minimum atomic E-state index is -0.0458. The highest BCUT2D eigenvalue weighted by molar-refractivity contribution is 6.35. The van der Waals surface area contributed by atoms with E-state index < -0.39 is 0 Å². The van der Waals surface area contributed by atoms with E-state index in [0.29, 0.717) is 21.7 Å². The number of nitrogens with zero attached hydrogens (tertiary/aromatic N) is 1. The van der Waals surface area contributed by atoms with Crippen LogP contribution in [-0.4, -0.2) is 10.1 Å². The highest BCUT2D eigenvalue weighted by Gasteiger charge is 2.08. The summed E-state index contributed by atoms with van der Waals surface area (Å²) >= 11 is 11.8. The average Bonchev–Trinajstić information content (AvgIpc) is 2.34. The van der Waals surface area contributed by atoms with E-state index in [9.17, 15) is 0 Å². The summed E-state index contributed by atoms with van der Waals surface area (Å²) in [5.41, 5.74) is 1.56. The van der Waals surface area contributed by atoms with Crippen molar-refractivity contribution in [2.24, 2.45) is 0 Å². The van der Waals surface area contributed by atoms with Crippen LogP contribution in [0, 0.1) is 6.92 Å². The van der Waals surface area contributed by atoms with E-state index in [1.54, 1.807) is 24.4 Å². The fourth-order valence-electron chi connectivity index (χ4n) is 1.48. The van der Waals surface area contributed by atoms with E-state index in [1.807, 2.05) is 13.0 Å². The zero-order valence-corrected chi connectivity index (χ0v) is 11.2. The van der Waals surface area contributed by atoms with Crippen LogP contribution in [0.4, 0.5) is 0 Å². The third-order valence-electron chi connectivity index (χ3n) is 2.37. The van der Waals surface area contributed by atoms with Crippen molar-refractivity contribution in [2.75, 3.05) is 0 Å². The molecule has 0 aliphatic heterocycles. The number of rotatable bonds is 3. The number of hydrogen-bond donors (Lipinski definition) is 1. The second-order valence-corrected chi connectivity index (χ2v) is 4.64. The van der Waals surface area contributed by atoms with Crippen LogP contribution in [0.2, 0.25) is 10.0 Å². The summed E-state index contributed by atoms with van der Waals surface area (Å²) in [5.74, 6) is 0.949. The zero-order chi connectivity index (χ0) is 13.1. The third kappa shape index (κ3) is 2.93. The maximum atomic E-state index is 9.00. The summed E-state index contributed by atoms with van der Waals surface area (Å²) in [7, 11) is 0. The Morgan fingerprint density at radius 1 is 1.28 bits per heavy atom. The van der Waals surface area contributed by atoms with Crippen molar-refractivity contribution >= 4 is 23.2 Å². The molecule has 1 N–H and O–H groups in total.